The molecular formula is C14H22N4O3. The minimum Gasteiger partial charge on any atom is -0.467 e. The molecule has 0 bridgehead atoms. The van der Waals surface area contributed by atoms with Crippen molar-refractivity contribution in [2.24, 2.45) is 0 Å². The highest BCUT2D eigenvalue weighted by molar-refractivity contribution is 5.84. The molecule has 1 aliphatic heterocycles. The van der Waals surface area contributed by atoms with Crippen molar-refractivity contribution in [1.82, 2.24) is 19.8 Å². The lowest BCUT2D eigenvalue weighted by molar-refractivity contribution is -0.165. The summed E-state index contributed by atoms with van der Waals surface area (Å²) in [5.41, 5.74) is 0.187. The third kappa shape index (κ3) is 3.68. The van der Waals surface area contributed by atoms with Gasteiger partial charge in [-0.05, 0) is 6.92 Å². The Morgan fingerprint density at radius 2 is 2.14 bits per heavy atom. The summed E-state index contributed by atoms with van der Waals surface area (Å²) < 4.78 is 10.7. The van der Waals surface area contributed by atoms with E-state index in [1.54, 1.807) is 31.4 Å². The second-order valence-corrected chi connectivity index (χ2v) is 5.57. The van der Waals surface area contributed by atoms with Gasteiger partial charge in [0, 0.05) is 51.7 Å². The van der Waals surface area contributed by atoms with Crippen LogP contribution in [0.25, 0.3) is 0 Å². The largest absolute Gasteiger partial charge is 0.467 e. The third-order valence-electron chi connectivity index (χ3n) is 3.48. The van der Waals surface area contributed by atoms with Crippen LogP contribution in [0.4, 0.5) is 0 Å². The molecule has 0 aliphatic carbocycles. The normalized spacial score (nSPS) is 22.9. The molecule has 116 valence electrons. The number of ether oxygens (including phenoxy) is 2. The Morgan fingerprint density at radius 3 is 2.71 bits per heavy atom. The van der Waals surface area contributed by atoms with Gasteiger partial charge in [-0.3, -0.25) is 9.69 Å². The summed E-state index contributed by atoms with van der Waals surface area (Å²) in [4.78, 5) is 24.2. The Labute approximate surface area is 124 Å². The lowest BCUT2D eigenvalue weighted by atomic mass is 10.0. The molecule has 21 heavy (non-hydrogen) atoms. The van der Waals surface area contributed by atoms with Gasteiger partial charge in [-0.2, -0.15) is 0 Å². The first-order valence-corrected chi connectivity index (χ1v) is 6.87. The molecule has 7 nitrogen and oxygen atoms in total. The number of methoxy groups -OCH3 is 1. The lowest BCUT2D eigenvalue weighted by Gasteiger charge is -2.40. The summed E-state index contributed by atoms with van der Waals surface area (Å²) in [6.45, 7) is 4.39. The molecule has 2 heterocycles. The van der Waals surface area contributed by atoms with Gasteiger partial charge in [0.05, 0.1) is 13.7 Å². The molecule has 1 saturated heterocycles. The summed E-state index contributed by atoms with van der Waals surface area (Å²) >= 11 is 0. The summed E-state index contributed by atoms with van der Waals surface area (Å²) in [6.07, 6.45) is 3.48. The summed E-state index contributed by atoms with van der Waals surface area (Å²) in [6, 6.07) is 0.355. The molecule has 7 heteroatoms. The maximum Gasteiger partial charge on any atom is 0.316 e. The molecule has 0 spiro atoms. The van der Waals surface area contributed by atoms with E-state index in [4.69, 9.17) is 9.47 Å². The fourth-order valence-electron chi connectivity index (χ4n) is 2.48. The number of carbonyl (C=O) groups is 1. The number of hydrogen-bond acceptors (Lipinski definition) is 6. The van der Waals surface area contributed by atoms with Crippen LogP contribution in [0, 0.1) is 0 Å². The average Bonchev–Trinajstić information content (AvgIpc) is 2.47. The highest BCUT2D eigenvalue weighted by atomic mass is 16.5. The van der Waals surface area contributed by atoms with Crippen molar-refractivity contribution in [3.63, 3.8) is 0 Å². The van der Waals surface area contributed by atoms with Gasteiger partial charge in [0.15, 0.2) is 5.60 Å². The molecule has 0 unspecified atom stereocenters. The standard InChI is InChI=1S/C14H22N4O3/c1-14(12(19)17(2)3)10-18(5-6-21-14)9-11-7-15-13(20-4)16-8-11/h7-8H,5-6,9-10H2,1-4H3/t14-/m0/s1. The molecule has 1 fully saturated rings. The van der Waals surface area contributed by atoms with Crippen molar-refractivity contribution in [2.45, 2.75) is 19.1 Å². The molecule has 0 aromatic carbocycles. The van der Waals surface area contributed by atoms with Crippen LogP contribution in [0.2, 0.25) is 0 Å². The number of aromatic nitrogens is 2. The van der Waals surface area contributed by atoms with E-state index in [0.29, 0.717) is 25.7 Å². The van der Waals surface area contributed by atoms with Crippen LogP contribution in [0.5, 0.6) is 6.01 Å². The van der Waals surface area contributed by atoms with Crippen LogP contribution >= 0.6 is 0 Å². The predicted octanol–water partition coefficient (Wildman–Crippen LogP) is 0.164. The molecule has 0 radical (unpaired) electrons. The van der Waals surface area contributed by atoms with Crippen LogP contribution in [0.1, 0.15) is 12.5 Å². The Morgan fingerprint density at radius 1 is 1.48 bits per heavy atom. The lowest BCUT2D eigenvalue weighted by Crippen LogP contribution is -2.57. The van der Waals surface area contributed by atoms with Gasteiger partial charge in [0.1, 0.15) is 0 Å². The average molecular weight is 294 g/mol. The van der Waals surface area contributed by atoms with Gasteiger partial charge in [-0.1, -0.05) is 0 Å². The first kappa shape index (κ1) is 15.7. The Kier molecular flexibility index (Phi) is 4.74. The predicted molar refractivity (Wildman–Crippen MR) is 76.9 cm³/mol. The van der Waals surface area contributed by atoms with Crippen molar-refractivity contribution < 1.29 is 14.3 Å². The molecule has 1 aliphatic rings. The third-order valence-corrected chi connectivity index (χ3v) is 3.48. The SMILES string of the molecule is COc1ncc(CN2CCO[C@](C)(C(=O)N(C)C)C2)cn1. The molecule has 1 amide bonds. The van der Waals surface area contributed by atoms with Crippen molar-refractivity contribution in [3.8, 4) is 6.01 Å². The van der Waals surface area contributed by atoms with Crippen LogP contribution in [-0.4, -0.2) is 72.2 Å². The zero-order valence-corrected chi connectivity index (χ0v) is 13.0. The summed E-state index contributed by atoms with van der Waals surface area (Å²) in [5, 5.41) is 0. The van der Waals surface area contributed by atoms with Gasteiger partial charge >= 0.3 is 6.01 Å². The molecule has 1 aromatic heterocycles. The maximum atomic E-state index is 12.2. The highest BCUT2D eigenvalue weighted by Crippen LogP contribution is 2.21. The zero-order chi connectivity index (χ0) is 15.5. The second kappa shape index (κ2) is 6.36. The minimum atomic E-state index is -0.797. The van der Waals surface area contributed by atoms with Crippen LogP contribution in [-0.2, 0) is 16.1 Å². The molecular weight excluding hydrogens is 272 g/mol. The summed E-state index contributed by atoms with van der Waals surface area (Å²) in [7, 11) is 5.02. The van der Waals surface area contributed by atoms with E-state index in [1.165, 1.54) is 7.11 Å². The van der Waals surface area contributed by atoms with Gasteiger partial charge in [0.25, 0.3) is 5.91 Å². The zero-order valence-electron chi connectivity index (χ0n) is 13.0. The number of hydrogen-bond donors (Lipinski definition) is 0. The Hall–Kier alpha value is -1.73. The van der Waals surface area contributed by atoms with Crippen LogP contribution in [0.15, 0.2) is 12.4 Å². The second-order valence-electron chi connectivity index (χ2n) is 5.57. The van der Waals surface area contributed by atoms with Crippen molar-refractivity contribution in [3.05, 3.63) is 18.0 Å². The van der Waals surface area contributed by atoms with E-state index in [0.717, 1.165) is 12.1 Å². The maximum absolute atomic E-state index is 12.2. The number of likely N-dealkylation sites (N-methyl/N-ethyl adjacent to an activating group) is 1. The van der Waals surface area contributed by atoms with E-state index >= 15 is 0 Å². The monoisotopic (exact) mass is 294 g/mol. The first-order valence-electron chi connectivity index (χ1n) is 6.87. The van der Waals surface area contributed by atoms with Crippen LogP contribution < -0.4 is 4.74 Å². The smallest absolute Gasteiger partial charge is 0.316 e. The van der Waals surface area contributed by atoms with E-state index in [-0.39, 0.29) is 5.91 Å². The number of carbonyl (C=O) groups excluding carboxylic acids is 1. The number of nitrogens with zero attached hydrogens (tertiary/aromatic N) is 4. The highest BCUT2D eigenvalue weighted by Gasteiger charge is 2.40. The van der Waals surface area contributed by atoms with Crippen molar-refractivity contribution in [1.29, 1.82) is 0 Å². The van der Waals surface area contributed by atoms with Crippen molar-refractivity contribution >= 4 is 5.91 Å². The van der Waals surface area contributed by atoms with Gasteiger partial charge in [-0.25, -0.2) is 9.97 Å². The Bertz CT molecular complexity index is 491. The van der Waals surface area contributed by atoms with E-state index in [2.05, 4.69) is 14.9 Å². The van der Waals surface area contributed by atoms with Gasteiger partial charge in [0.2, 0.25) is 0 Å². The molecule has 0 saturated carbocycles. The minimum absolute atomic E-state index is 0.0156. The first-order chi connectivity index (χ1) is 9.94. The number of rotatable bonds is 4. The fraction of sp³-hybridized carbons (Fsp3) is 0.643. The van der Waals surface area contributed by atoms with E-state index < -0.39 is 5.60 Å². The summed E-state index contributed by atoms with van der Waals surface area (Å²) in [5.74, 6) is -0.0156. The molecule has 2 rings (SSSR count). The van der Waals surface area contributed by atoms with E-state index in [1.807, 2.05) is 6.92 Å². The van der Waals surface area contributed by atoms with E-state index in [9.17, 15) is 4.79 Å². The molecule has 1 atom stereocenters. The number of amides is 1. The quantitative estimate of drug-likeness (QED) is 0.788. The fourth-order valence-corrected chi connectivity index (χ4v) is 2.48. The topological polar surface area (TPSA) is 67.8 Å². The molecule has 0 N–H and O–H groups in total. The van der Waals surface area contributed by atoms with Gasteiger partial charge < -0.3 is 14.4 Å². The number of morpholine rings is 1. The van der Waals surface area contributed by atoms with Crippen molar-refractivity contribution in [2.75, 3.05) is 40.9 Å². The van der Waals surface area contributed by atoms with Gasteiger partial charge in [-0.15, -0.1) is 0 Å². The Balaban J connectivity index is 2.02. The van der Waals surface area contributed by atoms with Crippen LogP contribution in [0.3, 0.4) is 0 Å². The molecule has 1 aromatic rings.